The molecule has 1 amide bonds. The molecule has 2 aliphatic heterocycles. The van der Waals surface area contributed by atoms with Crippen molar-refractivity contribution >= 4 is 33.9 Å². The zero-order chi connectivity index (χ0) is 20.9. The number of carbonyl (C=O) groups is 2. The molecule has 1 aromatic heterocycles. The Morgan fingerprint density at radius 2 is 2.07 bits per heavy atom. The maximum Gasteiger partial charge on any atom is 0.301 e. The summed E-state index contributed by atoms with van der Waals surface area (Å²) in [5.41, 5.74) is 0.932. The second-order valence-corrected chi connectivity index (χ2v) is 7.74. The van der Waals surface area contributed by atoms with Crippen molar-refractivity contribution in [3.8, 4) is 0 Å². The number of aliphatic hydroxyl groups is 1. The molecule has 1 aromatic carbocycles. The first-order chi connectivity index (χ1) is 13.7. The average molecular weight is 423 g/mol. The van der Waals surface area contributed by atoms with Crippen molar-refractivity contribution in [2.24, 2.45) is 0 Å². The highest BCUT2D eigenvalue weighted by molar-refractivity contribution is 7.13. The summed E-state index contributed by atoms with van der Waals surface area (Å²) in [5.74, 6) is -5.88. The van der Waals surface area contributed by atoms with Gasteiger partial charge >= 0.3 is 5.91 Å². The van der Waals surface area contributed by atoms with Crippen LogP contribution in [-0.4, -0.2) is 51.5 Å². The first-order valence-electron chi connectivity index (χ1n) is 8.54. The number of carbonyl (C=O) groups excluding carboxylic acids is 2. The molecule has 0 spiro atoms. The number of ether oxygens (including phenoxy) is 2. The van der Waals surface area contributed by atoms with Crippen LogP contribution in [0.3, 0.4) is 0 Å². The lowest BCUT2D eigenvalue weighted by Crippen LogP contribution is -2.44. The van der Waals surface area contributed by atoms with E-state index in [0.717, 1.165) is 34.4 Å². The van der Waals surface area contributed by atoms with E-state index in [-0.39, 0.29) is 22.9 Å². The van der Waals surface area contributed by atoms with Crippen LogP contribution in [0.25, 0.3) is 5.76 Å². The number of ketones is 1. The Balaban J connectivity index is 1.87. The lowest BCUT2D eigenvalue weighted by atomic mass is 9.97. The van der Waals surface area contributed by atoms with Gasteiger partial charge in [-0.3, -0.25) is 14.5 Å². The van der Waals surface area contributed by atoms with Crippen LogP contribution < -0.4 is 4.90 Å². The fraction of sp³-hybridized carbons (Fsp3) is 0.333. The third kappa shape index (κ3) is 3.30. The molecule has 4 rings (SSSR count). The van der Waals surface area contributed by atoms with Crippen molar-refractivity contribution in [2.45, 2.75) is 31.8 Å². The molecule has 2 atom stereocenters. The summed E-state index contributed by atoms with van der Waals surface area (Å²) >= 11 is 1.02. The Hall–Kier alpha value is -2.76. The van der Waals surface area contributed by atoms with Gasteiger partial charge < -0.3 is 14.6 Å². The van der Waals surface area contributed by atoms with Gasteiger partial charge in [0.15, 0.2) is 17.4 Å². The van der Waals surface area contributed by atoms with Gasteiger partial charge in [0, 0.05) is 5.56 Å². The Kier molecular flexibility index (Phi) is 4.68. The van der Waals surface area contributed by atoms with Gasteiger partial charge in [0.2, 0.25) is 5.13 Å². The van der Waals surface area contributed by atoms with Crippen LogP contribution in [0.1, 0.15) is 19.4 Å². The van der Waals surface area contributed by atoms with E-state index >= 15 is 0 Å². The van der Waals surface area contributed by atoms with E-state index in [4.69, 9.17) is 9.47 Å². The van der Waals surface area contributed by atoms with Gasteiger partial charge in [-0.2, -0.15) is 0 Å². The quantitative estimate of drug-likeness (QED) is 0.459. The average Bonchev–Trinajstić information content (AvgIpc) is 3.36. The van der Waals surface area contributed by atoms with Crippen molar-refractivity contribution in [3.05, 3.63) is 46.5 Å². The van der Waals surface area contributed by atoms with Gasteiger partial charge in [0.1, 0.15) is 23.4 Å². The van der Waals surface area contributed by atoms with Gasteiger partial charge in [-0.1, -0.05) is 11.3 Å². The smallest absolute Gasteiger partial charge is 0.301 e. The molecule has 2 fully saturated rings. The molecular weight excluding hydrogens is 408 g/mol. The summed E-state index contributed by atoms with van der Waals surface area (Å²) in [7, 11) is 0. The van der Waals surface area contributed by atoms with Gasteiger partial charge in [0.05, 0.1) is 12.2 Å². The summed E-state index contributed by atoms with van der Waals surface area (Å²) in [5, 5.41) is 18.4. The molecule has 3 heterocycles. The topological polar surface area (TPSA) is 102 Å². The van der Waals surface area contributed by atoms with Crippen LogP contribution in [0.15, 0.2) is 29.3 Å². The van der Waals surface area contributed by atoms with E-state index in [9.17, 15) is 23.5 Å². The molecule has 0 aliphatic carbocycles. The minimum Gasteiger partial charge on any atom is -0.507 e. The third-order valence-corrected chi connectivity index (χ3v) is 5.31. The van der Waals surface area contributed by atoms with E-state index in [2.05, 4.69) is 10.2 Å². The molecule has 8 nitrogen and oxygen atoms in total. The van der Waals surface area contributed by atoms with E-state index in [1.807, 2.05) is 0 Å². The Labute approximate surface area is 167 Å². The Morgan fingerprint density at radius 1 is 1.31 bits per heavy atom. The molecule has 2 aliphatic rings. The maximum atomic E-state index is 13.7. The van der Waals surface area contributed by atoms with Crippen LogP contribution in [0.5, 0.6) is 0 Å². The number of anilines is 1. The second-order valence-electron chi connectivity index (χ2n) is 6.93. The zero-order valence-electron chi connectivity index (χ0n) is 15.3. The highest BCUT2D eigenvalue weighted by atomic mass is 32.1. The van der Waals surface area contributed by atoms with E-state index in [1.54, 1.807) is 13.8 Å². The predicted octanol–water partition coefficient (Wildman–Crippen LogP) is 2.22. The van der Waals surface area contributed by atoms with E-state index in [1.165, 1.54) is 5.51 Å². The molecular formula is C18H15F2N3O5S. The minimum absolute atomic E-state index is 0.0299. The largest absolute Gasteiger partial charge is 0.507 e. The number of hydrogen-bond donors (Lipinski definition) is 1. The number of amides is 1. The summed E-state index contributed by atoms with van der Waals surface area (Å²) in [4.78, 5) is 26.6. The maximum absolute atomic E-state index is 13.7. The number of aromatic nitrogens is 2. The lowest BCUT2D eigenvalue weighted by Gasteiger charge is -2.27. The molecule has 0 radical (unpaired) electrons. The number of hydrogen-bond acceptors (Lipinski definition) is 8. The Bertz CT molecular complexity index is 1020. The summed E-state index contributed by atoms with van der Waals surface area (Å²) in [6.07, 6.45) is -0.813. The predicted molar refractivity (Wildman–Crippen MR) is 97.0 cm³/mol. The van der Waals surface area contributed by atoms with Crippen molar-refractivity contribution in [1.29, 1.82) is 0 Å². The van der Waals surface area contributed by atoms with E-state index < -0.39 is 47.0 Å². The highest BCUT2D eigenvalue weighted by Gasteiger charge is 2.54. The van der Waals surface area contributed by atoms with Crippen LogP contribution in [0, 0.1) is 11.6 Å². The van der Waals surface area contributed by atoms with Gasteiger partial charge in [0.25, 0.3) is 5.78 Å². The number of Topliss-reactive ketones (excluding diaryl/α,β-unsaturated/α-hetero) is 1. The Morgan fingerprint density at radius 3 is 2.66 bits per heavy atom. The van der Waals surface area contributed by atoms with Crippen molar-refractivity contribution < 1.29 is 33.0 Å². The molecule has 0 bridgehead atoms. The highest BCUT2D eigenvalue weighted by Crippen LogP contribution is 2.39. The number of benzene rings is 1. The molecule has 152 valence electrons. The van der Waals surface area contributed by atoms with Crippen LogP contribution in [0.4, 0.5) is 13.9 Å². The van der Waals surface area contributed by atoms with Crippen molar-refractivity contribution in [3.63, 3.8) is 0 Å². The molecule has 2 aromatic rings. The molecule has 2 unspecified atom stereocenters. The van der Waals surface area contributed by atoms with Gasteiger partial charge in [-0.05, 0) is 32.0 Å². The first-order valence-corrected chi connectivity index (χ1v) is 9.42. The molecule has 2 saturated heterocycles. The third-order valence-electron chi connectivity index (χ3n) is 4.62. The molecule has 0 saturated carbocycles. The number of halogens is 2. The zero-order valence-corrected chi connectivity index (χ0v) is 16.1. The van der Waals surface area contributed by atoms with Crippen molar-refractivity contribution in [1.82, 2.24) is 10.2 Å². The lowest BCUT2D eigenvalue weighted by molar-refractivity contribution is -0.140. The van der Waals surface area contributed by atoms with Crippen LogP contribution in [-0.2, 0) is 19.1 Å². The van der Waals surface area contributed by atoms with Crippen molar-refractivity contribution in [2.75, 3.05) is 11.5 Å². The molecule has 1 N–H and O–H groups in total. The van der Waals surface area contributed by atoms with Gasteiger partial charge in [-0.15, -0.1) is 10.2 Å². The minimum atomic E-state index is -1.20. The fourth-order valence-electron chi connectivity index (χ4n) is 3.36. The summed E-state index contributed by atoms with van der Waals surface area (Å²) < 4.78 is 38.3. The van der Waals surface area contributed by atoms with Gasteiger partial charge in [-0.25, -0.2) is 8.78 Å². The SMILES string of the molecule is CC1(C)OCC(C2/C(=C(\O)c3ccc(F)c(F)c3)C(=O)C(=O)N2c2nncs2)O1. The molecule has 29 heavy (non-hydrogen) atoms. The fourth-order valence-corrected chi connectivity index (χ4v) is 3.95. The monoisotopic (exact) mass is 423 g/mol. The summed E-state index contributed by atoms with van der Waals surface area (Å²) in [6.45, 7) is 3.36. The number of rotatable bonds is 3. The van der Waals surface area contributed by atoms with Crippen LogP contribution >= 0.6 is 11.3 Å². The number of nitrogens with zero attached hydrogens (tertiary/aromatic N) is 3. The number of aliphatic hydroxyl groups excluding tert-OH is 1. The second kappa shape index (κ2) is 6.94. The molecule has 11 heteroatoms. The van der Waals surface area contributed by atoms with E-state index in [0.29, 0.717) is 0 Å². The summed E-state index contributed by atoms with van der Waals surface area (Å²) in [6, 6.07) is 1.59. The standard InChI is InChI=1S/C18H15F2N3O5S/c1-18(2)27-6-11(28-18)13-12(14(24)8-3-4-9(19)10(20)5-8)15(25)16(26)23(13)17-22-21-7-29-17/h3-5,7,11,13,24H,6H2,1-2H3/b14-12+. The first kappa shape index (κ1) is 19.6. The normalized spacial score (nSPS) is 25.7. The van der Waals surface area contributed by atoms with Crippen LogP contribution in [0.2, 0.25) is 0 Å².